The van der Waals surface area contributed by atoms with E-state index in [0.29, 0.717) is 6.42 Å². The molecular weight excluding hydrogens is 330 g/mol. The summed E-state index contributed by atoms with van der Waals surface area (Å²) in [6.45, 7) is 3.84. The van der Waals surface area contributed by atoms with Crippen molar-refractivity contribution < 1.29 is 14.7 Å². The highest BCUT2D eigenvalue weighted by atomic mass is 79.9. The van der Waals surface area contributed by atoms with Crippen molar-refractivity contribution in [1.82, 2.24) is 5.32 Å². The molecular formula is C13H16BrNO3S. The van der Waals surface area contributed by atoms with E-state index in [1.807, 2.05) is 26.0 Å². The zero-order valence-electron chi connectivity index (χ0n) is 10.7. The predicted molar refractivity (Wildman–Crippen MR) is 80.1 cm³/mol. The molecule has 0 unspecified atom stereocenters. The van der Waals surface area contributed by atoms with E-state index in [1.54, 1.807) is 6.08 Å². The van der Waals surface area contributed by atoms with E-state index in [4.69, 9.17) is 5.11 Å². The quantitative estimate of drug-likeness (QED) is 0.778. The minimum atomic E-state index is -1.01. The topological polar surface area (TPSA) is 66.4 Å². The zero-order valence-corrected chi connectivity index (χ0v) is 13.1. The van der Waals surface area contributed by atoms with Crippen molar-refractivity contribution in [2.75, 3.05) is 0 Å². The zero-order chi connectivity index (χ0) is 14.4. The number of thiophene rings is 1. The van der Waals surface area contributed by atoms with Crippen LogP contribution < -0.4 is 5.32 Å². The molecule has 6 heteroatoms. The minimum absolute atomic E-state index is 0.207. The van der Waals surface area contributed by atoms with Gasteiger partial charge >= 0.3 is 5.97 Å². The smallest absolute Gasteiger partial charge is 0.326 e. The van der Waals surface area contributed by atoms with Crippen LogP contribution in [0.1, 0.15) is 25.1 Å². The van der Waals surface area contributed by atoms with Crippen molar-refractivity contribution in [2.45, 2.75) is 26.3 Å². The second kappa shape index (κ2) is 7.45. The molecule has 0 aliphatic heterocycles. The number of halogens is 1. The second-order valence-electron chi connectivity index (χ2n) is 4.50. The maximum Gasteiger partial charge on any atom is 0.326 e. The lowest BCUT2D eigenvalue weighted by atomic mass is 10.0. The highest BCUT2D eigenvalue weighted by Crippen LogP contribution is 2.22. The van der Waals surface area contributed by atoms with Gasteiger partial charge in [0.15, 0.2) is 0 Å². The molecule has 0 aliphatic carbocycles. The largest absolute Gasteiger partial charge is 0.480 e. The van der Waals surface area contributed by atoms with Gasteiger partial charge in [0.1, 0.15) is 6.04 Å². The highest BCUT2D eigenvalue weighted by Gasteiger charge is 2.19. The number of amides is 1. The van der Waals surface area contributed by atoms with Gasteiger partial charge < -0.3 is 10.4 Å². The fourth-order valence-electron chi connectivity index (χ4n) is 1.49. The van der Waals surface area contributed by atoms with Crippen LogP contribution in [-0.4, -0.2) is 23.0 Å². The van der Waals surface area contributed by atoms with Crippen molar-refractivity contribution >= 4 is 45.2 Å². The number of carboxylic acid groups (broad SMARTS) is 1. The number of carbonyl (C=O) groups excluding carboxylic acids is 1. The average Bonchev–Trinajstić information content (AvgIpc) is 2.71. The number of aliphatic carboxylic acids is 1. The number of nitrogens with one attached hydrogen (secondary N) is 1. The second-order valence-corrected chi connectivity index (χ2v) is 7.00. The molecule has 0 fully saturated rings. The van der Waals surface area contributed by atoms with Gasteiger partial charge in [-0.1, -0.05) is 13.8 Å². The number of carbonyl (C=O) groups is 2. The minimum Gasteiger partial charge on any atom is -0.480 e. The first-order valence-corrected chi connectivity index (χ1v) is 7.46. The van der Waals surface area contributed by atoms with Crippen molar-refractivity contribution in [1.29, 1.82) is 0 Å². The van der Waals surface area contributed by atoms with E-state index in [-0.39, 0.29) is 5.92 Å². The molecule has 0 aromatic carbocycles. The SMILES string of the molecule is CC(C)C[C@H](NC(=O)/C=C/c1ccc(Br)s1)C(=O)O. The fourth-order valence-corrected chi connectivity index (χ4v) is 2.81. The van der Waals surface area contributed by atoms with E-state index < -0.39 is 17.9 Å². The summed E-state index contributed by atoms with van der Waals surface area (Å²) in [4.78, 5) is 23.6. The third kappa shape index (κ3) is 6.02. The van der Waals surface area contributed by atoms with Gasteiger partial charge in [0.05, 0.1) is 3.79 Å². The average molecular weight is 346 g/mol. The Labute approximate surface area is 124 Å². The van der Waals surface area contributed by atoms with Crippen molar-refractivity contribution in [3.63, 3.8) is 0 Å². The van der Waals surface area contributed by atoms with Crippen LogP contribution in [0.5, 0.6) is 0 Å². The van der Waals surface area contributed by atoms with Crippen molar-refractivity contribution in [3.05, 3.63) is 26.9 Å². The Hall–Kier alpha value is -1.14. The molecule has 1 amide bonds. The van der Waals surface area contributed by atoms with Gasteiger partial charge in [0.25, 0.3) is 0 Å². The molecule has 1 aromatic rings. The summed E-state index contributed by atoms with van der Waals surface area (Å²) in [5.41, 5.74) is 0. The summed E-state index contributed by atoms with van der Waals surface area (Å²) in [6, 6.07) is 2.93. The molecule has 0 spiro atoms. The summed E-state index contributed by atoms with van der Waals surface area (Å²) in [5.74, 6) is -1.19. The first-order valence-electron chi connectivity index (χ1n) is 5.85. The highest BCUT2D eigenvalue weighted by molar-refractivity contribution is 9.11. The predicted octanol–water partition coefficient (Wildman–Crippen LogP) is 3.14. The number of rotatable bonds is 6. The molecule has 1 heterocycles. The van der Waals surface area contributed by atoms with E-state index in [0.717, 1.165) is 8.66 Å². The van der Waals surface area contributed by atoms with Crippen molar-refractivity contribution in [2.24, 2.45) is 5.92 Å². The normalized spacial score (nSPS) is 12.8. The van der Waals surface area contributed by atoms with Crippen LogP contribution in [0.2, 0.25) is 0 Å². The molecule has 0 bridgehead atoms. The Morgan fingerprint density at radius 1 is 1.47 bits per heavy atom. The summed E-state index contributed by atoms with van der Waals surface area (Å²) >= 11 is 4.83. The molecule has 4 nitrogen and oxygen atoms in total. The Morgan fingerprint density at radius 2 is 2.16 bits per heavy atom. The van der Waals surface area contributed by atoms with Crippen LogP contribution in [0.25, 0.3) is 6.08 Å². The first kappa shape index (κ1) is 15.9. The van der Waals surface area contributed by atoms with Gasteiger partial charge in [-0.2, -0.15) is 0 Å². The lowest BCUT2D eigenvalue weighted by molar-refractivity contribution is -0.141. The van der Waals surface area contributed by atoms with Gasteiger partial charge in [-0.3, -0.25) is 4.79 Å². The van der Waals surface area contributed by atoms with Crippen LogP contribution in [0.4, 0.5) is 0 Å². The molecule has 0 radical (unpaired) electrons. The Morgan fingerprint density at radius 3 is 2.63 bits per heavy atom. The van der Waals surface area contributed by atoms with Gasteiger partial charge in [-0.15, -0.1) is 11.3 Å². The van der Waals surface area contributed by atoms with Crippen molar-refractivity contribution in [3.8, 4) is 0 Å². The molecule has 0 saturated carbocycles. The standard InChI is InChI=1S/C13H16BrNO3S/c1-8(2)7-10(13(17)18)15-12(16)6-4-9-3-5-11(14)19-9/h3-6,8,10H,7H2,1-2H3,(H,15,16)(H,17,18)/b6-4+/t10-/m0/s1. The first-order chi connectivity index (χ1) is 8.88. The lowest BCUT2D eigenvalue weighted by Crippen LogP contribution is -2.40. The summed E-state index contributed by atoms with van der Waals surface area (Å²) in [7, 11) is 0. The molecule has 19 heavy (non-hydrogen) atoms. The van der Waals surface area contributed by atoms with Gasteiger partial charge in [0.2, 0.25) is 5.91 Å². The third-order valence-corrected chi connectivity index (χ3v) is 3.90. The van der Waals surface area contributed by atoms with Crippen LogP contribution in [0.3, 0.4) is 0 Å². The van der Waals surface area contributed by atoms with Crippen LogP contribution in [0, 0.1) is 5.92 Å². The van der Waals surface area contributed by atoms with E-state index in [1.165, 1.54) is 17.4 Å². The van der Waals surface area contributed by atoms with E-state index in [9.17, 15) is 9.59 Å². The summed E-state index contributed by atoms with van der Waals surface area (Å²) in [6.07, 6.45) is 3.44. The fraction of sp³-hybridized carbons (Fsp3) is 0.385. The molecule has 2 N–H and O–H groups in total. The molecule has 1 rings (SSSR count). The lowest BCUT2D eigenvalue weighted by Gasteiger charge is -2.15. The van der Waals surface area contributed by atoms with E-state index in [2.05, 4.69) is 21.2 Å². The third-order valence-electron chi connectivity index (χ3n) is 2.31. The Balaban J connectivity index is 2.57. The molecule has 0 aliphatic rings. The number of hydrogen-bond donors (Lipinski definition) is 2. The molecule has 1 aromatic heterocycles. The summed E-state index contributed by atoms with van der Waals surface area (Å²) in [5, 5.41) is 11.5. The molecule has 1 atom stereocenters. The van der Waals surface area contributed by atoms with Gasteiger partial charge in [0, 0.05) is 11.0 Å². The van der Waals surface area contributed by atoms with Gasteiger partial charge in [-0.25, -0.2) is 4.79 Å². The van der Waals surface area contributed by atoms with Crippen LogP contribution in [0.15, 0.2) is 22.0 Å². The Bertz CT molecular complexity index is 482. The van der Waals surface area contributed by atoms with Crippen LogP contribution >= 0.6 is 27.3 Å². The number of hydrogen-bond acceptors (Lipinski definition) is 3. The monoisotopic (exact) mass is 345 g/mol. The van der Waals surface area contributed by atoms with Gasteiger partial charge in [-0.05, 0) is 46.5 Å². The molecule has 104 valence electrons. The van der Waals surface area contributed by atoms with E-state index >= 15 is 0 Å². The Kier molecular flexibility index (Phi) is 6.24. The summed E-state index contributed by atoms with van der Waals surface area (Å²) < 4.78 is 0.982. The van der Waals surface area contributed by atoms with Crippen LogP contribution in [-0.2, 0) is 9.59 Å². The molecule has 0 saturated heterocycles. The maximum absolute atomic E-state index is 11.7. The maximum atomic E-state index is 11.7. The number of carboxylic acids is 1.